The van der Waals surface area contributed by atoms with Crippen molar-refractivity contribution in [2.24, 2.45) is 0 Å². The third-order valence-corrected chi connectivity index (χ3v) is 4.75. The molecule has 0 atom stereocenters. The zero-order valence-corrected chi connectivity index (χ0v) is 12.1. The Kier molecular flexibility index (Phi) is 4.87. The molecular weight excluding hydrogens is 280 g/mol. The summed E-state index contributed by atoms with van der Waals surface area (Å²) in [5.41, 5.74) is -1.51. The second-order valence-corrected chi connectivity index (χ2v) is 5.91. The normalized spacial score (nSPS) is 11.8. The highest BCUT2D eigenvalue weighted by molar-refractivity contribution is 7.89. The molecule has 108 valence electrons. The highest BCUT2D eigenvalue weighted by Crippen LogP contribution is 2.25. The van der Waals surface area contributed by atoms with Crippen LogP contribution in [0.5, 0.6) is 0 Å². The largest absolute Gasteiger partial charge is 0.289 e. The molecule has 0 aliphatic rings. The number of nitrogens with one attached hydrogen (secondary N) is 1. The van der Waals surface area contributed by atoms with Gasteiger partial charge in [-0.2, -0.15) is 4.72 Å². The van der Waals surface area contributed by atoms with Crippen LogP contribution in [0.15, 0.2) is 29.2 Å². The van der Waals surface area contributed by atoms with Crippen LogP contribution in [0.2, 0.25) is 0 Å². The maximum Gasteiger partial charge on any atom is 0.289 e. The number of nitro benzene ring substituents is 1. The molecule has 0 unspecified atom stereocenters. The Bertz CT molecular complexity index is 643. The predicted octanol–water partition coefficient (Wildman–Crippen LogP) is 2.07. The molecule has 0 amide bonds. The van der Waals surface area contributed by atoms with Crippen LogP contribution >= 0.6 is 0 Å². The van der Waals surface area contributed by atoms with Crippen LogP contribution < -0.4 is 4.72 Å². The minimum Gasteiger partial charge on any atom is -0.258 e. The Labute approximate surface area is 118 Å². The molecule has 1 N–H and O–H groups in total. The number of benzene rings is 1. The minimum atomic E-state index is -4.06. The van der Waals surface area contributed by atoms with Gasteiger partial charge in [0, 0.05) is 6.07 Å². The molecule has 6 nitrogen and oxygen atoms in total. The Morgan fingerprint density at radius 2 is 1.90 bits per heavy atom. The molecule has 1 aromatic rings. The number of sulfonamides is 1. The number of rotatable bonds is 6. The van der Waals surface area contributed by atoms with Gasteiger partial charge in [0.15, 0.2) is 4.90 Å². The highest BCUT2D eigenvalue weighted by Gasteiger charge is 2.33. The molecule has 1 aromatic carbocycles. The molecule has 0 aliphatic heterocycles. The number of hydrogen-bond acceptors (Lipinski definition) is 4. The summed E-state index contributed by atoms with van der Waals surface area (Å²) in [7, 11) is -4.06. The van der Waals surface area contributed by atoms with Crippen molar-refractivity contribution in [3.05, 3.63) is 34.4 Å². The van der Waals surface area contributed by atoms with Gasteiger partial charge in [0.05, 0.1) is 10.5 Å². The lowest BCUT2D eigenvalue weighted by Gasteiger charge is -2.26. The molecule has 0 spiro atoms. The first-order valence-corrected chi connectivity index (χ1v) is 7.55. The van der Waals surface area contributed by atoms with Crippen LogP contribution in [-0.4, -0.2) is 18.9 Å². The summed E-state index contributed by atoms with van der Waals surface area (Å²) >= 11 is 0. The Balaban J connectivity index is 3.33. The summed E-state index contributed by atoms with van der Waals surface area (Å²) in [6.07, 6.45) is 6.18. The molecule has 0 saturated heterocycles. The molecule has 7 heteroatoms. The first-order chi connectivity index (χ1) is 9.32. The van der Waals surface area contributed by atoms with Crippen molar-refractivity contribution in [1.82, 2.24) is 4.72 Å². The minimum absolute atomic E-state index is 0.383. The van der Waals surface area contributed by atoms with Gasteiger partial charge in [-0.15, -0.1) is 6.42 Å². The zero-order chi connectivity index (χ0) is 15.4. The van der Waals surface area contributed by atoms with Crippen molar-refractivity contribution < 1.29 is 13.3 Å². The fourth-order valence-corrected chi connectivity index (χ4v) is 3.42. The molecule has 0 saturated carbocycles. The summed E-state index contributed by atoms with van der Waals surface area (Å²) in [4.78, 5) is 9.80. The van der Waals surface area contributed by atoms with E-state index in [0.29, 0.717) is 12.8 Å². The van der Waals surface area contributed by atoms with E-state index in [4.69, 9.17) is 6.42 Å². The standard InChI is InChI=1S/C13H16N2O4S/c1-4-13(5-2,6-3)14-20(18,19)12-10-8-7-9-11(12)15(16)17/h1,7-10,14H,5-6H2,2-3H3. The smallest absolute Gasteiger partial charge is 0.258 e. The topological polar surface area (TPSA) is 89.3 Å². The second kappa shape index (κ2) is 6.03. The van der Waals surface area contributed by atoms with Crippen molar-refractivity contribution in [1.29, 1.82) is 0 Å². The number of terminal acetylenes is 1. The van der Waals surface area contributed by atoms with Crippen LogP contribution in [0.25, 0.3) is 0 Å². The Hall–Kier alpha value is -1.91. The van der Waals surface area contributed by atoms with Crippen molar-refractivity contribution in [3.63, 3.8) is 0 Å². The molecule has 0 radical (unpaired) electrons. The Morgan fingerprint density at radius 3 is 2.35 bits per heavy atom. The van der Waals surface area contributed by atoms with E-state index < -0.39 is 26.2 Å². The van der Waals surface area contributed by atoms with E-state index in [1.807, 2.05) is 0 Å². The maximum absolute atomic E-state index is 12.3. The fraction of sp³-hybridized carbons (Fsp3) is 0.385. The quantitative estimate of drug-likeness (QED) is 0.494. The monoisotopic (exact) mass is 296 g/mol. The molecular formula is C13H16N2O4S. The molecule has 0 bridgehead atoms. The Morgan fingerprint density at radius 1 is 1.35 bits per heavy atom. The van der Waals surface area contributed by atoms with Gasteiger partial charge in [0.1, 0.15) is 0 Å². The van der Waals surface area contributed by atoms with Crippen LogP contribution in [0, 0.1) is 22.5 Å². The second-order valence-electron chi connectivity index (χ2n) is 4.26. The van der Waals surface area contributed by atoms with Crippen LogP contribution in [0.3, 0.4) is 0 Å². The summed E-state index contributed by atoms with van der Waals surface area (Å²) in [5.74, 6) is 2.43. The van der Waals surface area contributed by atoms with E-state index in [2.05, 4.69) is 10.6 Å². The van der Waals surface area contributed by atoms with E-state index in [1.165, 1.54) is 18.2 Å². The number of nitrogens with zero attached hydrogens (tertiary/aromatic N) is 1. The third-order valence-electron chi connectivity index (χ3n) is 3.16. The summed E-state index contributed by atoms with van der Waals surface area (Å²) in [6, 6.07) is 5.17. The lowest BCUT2D eigenvalue weighted by molar-refractivity contribution is -0.387. The average Bonchev–Trinajstić information content (AvgIpc) is 2.45. The van der Waals surface area contributed by atoms with Gasteiger partial charge in [-0.3, -0.25) is 10.1 Å². The van der Waals surface area contributed by atoms with Gasteiger partial charge >= 0.3 is 0 Å². The summed E-state index contributed by atoms with van der Waals surface area (Å²) < 4.78 is 27.1. The molecule has 0 aliphatic carbocycles. The van der Waals surface area contributed by atoms with Crippen molar-refractivity contribution in [2.75, 3.05) is 0 Å². The lowest BCUT2D eigenvalue weighted by Crippen LogP contribution is -2.46. The first-order valence-electron chi connectivity index (χ1n) is 6.07. The van der Waals surface area contributed by atoms with Gasteiger partial charge in [-0.1, -0.05) is 31.9 Å². The van der Waals surface area contributed by atoms with Crippen LogP contribution in [0.1, 0.15) is 26.7 Å². The SMILES string of the molecule is C#CC(CC)(CC)NS(=O)(=O)c1ccccc1[N+](=O)[O-]. The average molecular weight is 296 g/mol. The lowest BCUT2D eigenvalue weighted by atomic mass is 9.96. The number of nitro groups is 1. The van der Waals surface area contributed by atoms with Crippen molar-refractivity contribution >= 4 is 15.7 Å². The number of para-hydroxylation sites is 1. The van der Waals surface area contributed by atoms with Gasteiger partial charge in [-0.05, 0) is 18.9 Å². The van der Waals surface area contributed by atoms with Crippen LogP contribution in [-0.2, 0) is 10.0 Å². The molecule has 1 rings (SSSR count). The van der Waals surface area contributed by atoms with Gasteiger partial charge in [0.2, 0.25) is 10.0 Å². The van der Waals surface area contributed by atoms with Crippen molar-refractivity contribution in [3.8, 4) is 12.3 Å². The zero-order valence-electron chi connectivity index (χ0n) is 11.3. The fourth-order valence-electron chi connectivity index (χ4n) is 1.78. The predicted molar refractivity (Wildman–Crippen MR) is 75.6 cm³/mol. The summed E-state index contributed by atoms with van der Waals surface area (Å²) in [6.45, 7) is 3.51. The number of hydrogen-bond donors (Lipinski definition) is 1. The molecule has 0 fully saturated rings. The van der Waals surface area contributed by atoms with Gasteiger partial charge in [0.25, 0.3) is 5.69 Å². The van der Waals surface area contributed by atoms with Crippen LogP contribution in [0.4, 0.5) is 5.69 Å². The van der Waals surface area contributed by atoms with E-state index in [0.717, 1.165) is 6.07 Å². The van der Waals surface area contributed by atoms with Gasteiger partial charge < -0.3 is 0 Å². The van der Waals surface area contributed by atoms with Gasteiger partial charge in [-0.25, -0.2) is 8.42 Å². The van der Waals surface area contributed by atoms with E-state index in [1.54, 1.807) is 13.8 Å². The molecule has 0 heterocycles. The maximum atomic E-state index is 12.3. The van der Waals surface area contributed by atoms with E-state index in [-0.39, 0.29) is 4.90 Å². The highest BCUT2D eigenvalue weighted by atomic mass is 32.2. The van der Waals surface area contributed by atoms with E-state index >= 15 is 0 Å². The first kappa shape index (κ1) is 16.1. The molecule has 20 heavy (non-hydrogen) atoms. The van der Waals surface area contributed by atoms with E-state index in [9.17, 15) is 18.5 Å². The summed E-state index contributed by atoms with van der Waals surface area (Å²) in [5, 5.41) is 10.9. The third kappa shape index (κ3) is 3.15. The van der Waals surface area contributed by atoms with Crippen molar-refractivity contribution in [2.45, 2.75) is 37.1 Å². The molecule has 0 aromatic heterocycles.